The zero-order valence-corrected chi connectivity index (χ0v) is 11.6. The van der Waals surface area contributed by atoms with Gasteiger partial charge in [0.2, 0.25) is 0 Å². The van der Waals surface area contributed by atoms with E-state index in [1.54, 1.807) is 0 Å². The molecule has 0 aromatic heterocycles. The number of anilines is 1. The molecule has 3 nitrogen and oxygen atoms in total. The number of likely N-dealkylation sites (N-methyl/N-ethyl adjacent to an activating group) is 1. The maximum absolute atomic E-state index is 10.1. The number of hydrogen-bond donors (Lipinski definition) is 1. The lowest BCUT2D eigenvalue weighted by Gasteiger charge is -2.40. The Morgan fingerprint density at radius 1 is 1.33 bits per heavy atom. The highest BCUT2D eigenvalue weighted by atomic mass is 16.3. The zero-order chi connectivity index (χ0) is 13.1. The van der Waals surface area contributed by atoms with Crippen molar-refractivity contribution >= 4 is 5.69 Å². The molecule has 1 N–H and O–H groups in total. The second kappa shape index (κ2) is 5.72. The lowest BCUT2D eigenvalue weighted by Crippen LogP contribution is -2.50. The van der Waals surface area contributed by atoms with E-state index in [9.17, 15) is 5.11 Å². The lowest BCUT2D eigenvalue weighted by atomic mass is 10.0. The molecular weight excluding hydrogens is 224 g/mol. The predicted octanol–water partition coefficient (Wildman–Crippen LogP) is 2.27. The fraction of sp³-hybridized carbons (Fsp3) is 0.600. The van der Waals surface area contributed by atoms with E-state index in [0.717, 1.165) is 31.6 Å². The van der Waals surface area contributed by atoms with Crippen LogP contribution in [0, 0.1) is 0 Å². The van der Waals surface area contributed by atoms with Crippen LogP contribution in [-0.4, -0.2) is 42.7 Å². The molecule has 0 saturated carbocycles. The van der Waals surface area contributed by atoms with Crippen molar-refractivity contribution in [2.45, 2.75) is 32.4 Å². The van der Waals surface area contributed by atoms with Gasteiger partial charge in [-0.2, -0.15) is 0 Å². The third-order valence-corrected chi connectivity index (χ3v) is 3.98. The normalized spacial score (nSPS) is 23.1. The average molecular weight is 248 g/mol. The second-order valence-corrected chi connectivity index (χ2v) is 5.26. The van der Waals surface area contributed by atoms with Crippen LogP contribution in [-0.2, 0) is 0 Å². The molecule has 2 unspecified atom stereocenters. The van der Waals surface area contributed by atoms with Crippen LogP contribution in [0.1, 0.15) is 31.9 Å². The van der Waals surface area contributed by atoms with Crippen LogP contribution in [0.25, 0.3) is 0 Å². The van der Waals surface area contributed by atoms with Crippen LogP contribution in [0.5, 0.6) is 0 Å². The van der Waals surface area contributed by atoms with E-state index in [4.69, 9.17) is 0 Å². The van der Waals surface area contributed by atoms with Crippen LogP contribution >= 0.6 is 0 Å². The maximum Gasteiger partial charge on any atom is 0.0807 e. The topological polar surface area (TPSA) is 26.7 Å². The van der Waals surface area contributed by atoms with Crippen molar-refractivity contribution in [1.29, 1.82) is 0 Å². The summed E-state index contributed by atoms with van der Waals surface area (Å²) < 4.78 is 0. The summed E-state index contributed by atoms with van der Waals surface area (Å²) in [5, 5.41) is 10.1. The minimum Gasteiger partial charge on any atom is -0.388 e. The van der Waals surface area contributed by atoms with Crippen molar-refractivity contribution in [1.82, 2.24) is 4.90 Å². The number of rotatable bonds is 3. The number of piperazine rings is 1. The van der Waals surface area contributed by atoms with Crippen molar-refractivity contribution in [2.75, 3.05) is 31.6 Å². The Hall–Kier alpha value is -1.06. The quantitative estimate of drug-likeness (QED) is 0.889. The standard InChI is InChI=1S/C15H24N2O/c1-4-15(18)13-7-5-6-8-14(13)17-10-9-16(3)12(2)11-17/h5-8,12,15,18H,4,9-11H2,1-3H3. The summed E-state index contributed by atoms with van der Waals surface area (Å²) in [7, 11) is 2.18. The molecule has 18 heavy (non-hydrogen) atoms. The highest BCUT2D eigenvalue weighted by Crippen LogP contribution is 2.29. The number of benzene rings is 1. The first-order chi connectivity index (χ1) is 8.63. The molecule has 3 heteroatoms. The molecule has 1 aromatic rings. The molecule has 100 valence electrons. The molecule has 1 saturated heterocycles. The highest BCUT2D eigenvalue weighted by molar-refractivity contribution is 5.55. The van der Waals surface area contributed by atoms with Gasteiger partial charge >= 0.3 is 0 Å². The van der Waals surface area contributed by atoms with E-state index in [-0.39, 0.29) is 6.10 Å². The second-order valence-electron chi connectivity index (χ2n) is 5.26. The van der Waals surface area contributed by atoms with Gasteiger partial charge in [0, 0.05) is 36.9 Å². The Labute approximate surface area is 110 Å². The monoisotopic (exact) mass is 248 g/mol. The Balaban J connectivity index is 2.22. The summed E-state index contributed by atoms with van der Waals surface area (Å²) in [5.41, 5.74) is 2.27. The maximum atomic E-state index is 10.1. The molecule has 0 aliphatic carbocycles. The van der Waals surface area contributed by atoms with Gasteiger partial charge in [0.25, 0.3) is 0 Å². The van der Waals surface area contributed by atoms with Gasteiger partial charge in [-0.3, -0.25) is 0 Å². The smallest absolute Gasteiger partial charge is 0.0807 e. The molecule has 0 bridgehead atoms. The Morgan fingerprint density at radius 2 is 2.06 bits per heavy atom. The van der Waals surface area contributed by atoms with Crippen molar-refractivity contribution in [3.63, 3.8) is 0 Å². The molecule has 2 atom stereocenters. The van der Waals surface area contributed by atoms with Crippen LogP contribution in [0.15, 0.2) is 24.3 Å². The summed E-state index contributed by atoms with van der Waals surface area (Å²) in [6.07, 6.45) is 0.413. The predicted molar refractivity (Wildman–Crippen MR) is 76.0 cm³/mol. The third-order valence-electron chi connectivity index (χ3n) is 3.98. The largest absolute Gasteiger partial charge is 0.388 e. The molecule has 1 aliphatic heterocycles. The first kappa shape index (κ1) is 13.4. The Morgan fingerprint density at radius 3 is 2.72 bits per heavy atom. The van der Waals surface area contributed by atoms with Gasteiger partial charge in [0.1, 0.15) is 0 Å². The SMILES string of the molecule is CCC(O)c1ccccc1N1CCN(C)C(C)C1. The third kappa shape index (κ3) is 2.68. The van der Waals surface area contributed by atoms with E-state index in [1.165, 1.54) is 5.69 Å². The van der Waals surface area contributed by atoms with Crippen molar-refractivity contribution in [2.24, 2.45) is 0 Å². The minimum absolute atomic E-state index is 0.351. The van der Waals surface area contributed by atoms with Gasteiger partial charge in [0.05, 0.1) is 6.10 Å². The summed E-state index contributed by atoms with van der Waals surface area (Å²) in [6, 6.07) is 8.81. The van der Waals surface area contributed by atoms with Crippen LogP contribution in [0.3, 0.4) is 0 Å². The molecule has 0 radical (unpaired) electrons. The summed E-state index contributed by atoms with van der Waals surface area (Å²) >= 11 is 0. The summed E-state index contributed by atoms with van der Waals surface area (Å²) in [4.78, 5) is 4.79. The molecule has 1 heterocycles. The molecule has 2 rings (SSSR count). The molecule has 1 aliphatic rings. The molecule has 0 spiro atoms. The van der Waals surface area contributed by atoms with Crippen molar-refractivity contribution in [3.05, 3.63) is 29.8 Å². The molecule has 1 fully saturated rings. The fourth-order valence-electron chi connectivity index (χ4n) is 2.54. The van der Waals surface area contributed by atoms with Crippen LogP contribution in [0.2, 0.25) is 0 Å². The number of aliphatic hydroxyl groups is 1. The van der Waals surface area contributed by atoms with Gasteiger partial charge in [-0.1, -0.05) is 25.1 Å². The zero-order valence-electron chi connectivity index (χ0n) is 11.6. The van der Waals surface area contributed by atoms with Crippen molar-refractivity contribution < 1.29 is 5.11 Å². The van der Waals surface area contributed by atoms with Gasteiger partial charge in [0.15, 0.2) is 0 Å². The van der Waals surface area contributed by atoms with Crippen LogP contribution < -0.4 is 4.90 Å². The number of nitrogens with zero attached hydrogens (tertiary/aromatic N) is 2. The van der Waals surface area contributed by atoms with Gasteiger partial charge in [-0.15, -0.1) is 0 Å². The van der Waals surface area contributed by atoms with E-state index in [0.29, 0.717) is 6.04 Å². The highest BCUT2D eigenvalue weighted by Gasteiger charge is 2.23. The number of aliphatic hydroxyl groups excluding tert-OH is 1. The lowest BCUT2D eigenvalue weighted by molar-refractivity contribution is 0.173. The van der Waals surface area contributed by atoms with E-state index in [1.807, 2.05) is 19.1 Å². The minimum atomic E-state index is -0.351. The first-order valence-electron chi connectivity index (χ1n) is 6.85. The molecular formula is C15H24N2O. The van der Waals surface area contributed by atoms with Gasteiger partial charge in [-0.05, 0) is 26.5 Å². The number of para-hydroxylation sites is 1. The Kier molecular flexibility index (Phi) is 4.25. The van der Waals surface area contributed by atoms with E-state index >= 15 is 0 Å². The average Bonchev–Trinajstić information content (AvgIpc) is 2.41. The summed E-state index contributed by atoms with van der Waals surface area (Å²) in [5.74, 6) is 0. The van der Waals surface area contributed by atoms with Gasteiger partial charge in [-0.25, -0.2) is 0 Å². The van der Waals surface area contributed by atoms with E-state index < -0.39 is 0 Å². The van der Waals surface area contributed by atoms with Crippen LogP contribution in [0.4, 0.5) is 5.69 Å². The van der Waals surface area contributed by atoms with Gasteiger partial charge < -0.3 is 14.9 Å². The summed E-state index contributed by atoms with van der Waals surface area (Å²) in [6.45, 7) is 7.43. The van der Waals surface area contributed by atoms with Crippen molar-refractivity contribution in [3.8, 4) is 0 Å². The molecule has 1 aromatic carbocycles. The number of hydrogen-bond acceptors (Lipinski definition) is 3. The van der Waals surface area contributed by atoms with E-state index in [2.05, 4.69) is 35.9 Å². The first-order valence-corrected chi connectivity index (χ1v) is 6.85. The fourth-order valence-corrected chi connectivity index (χ4v) is 2.54. The Bertz CT molecular complexity index is 394. The molecule has 0 amide bonds.